The van der Waals surface area contributed by atoms with E-state index < -0.39 is 10.9 Å². The van der Waals surface area contributed by atoms with Gasteiger partial charge in [-0.25, -0.2) is 4.79 Å². The first-order valence-corrected chi connectivity index (χ1v) is 6.46. The molecule has 1 aromatic rings. The lowest BCUT2D eigenvalue weighted by atomic mass is 10.1. The van der Waals surface area contributed by atoms with E-state index in [1.165, 1.54) is 18.2 Å². The number of nitrogens with zero attached hydrogens (tertiary/aromatic N) is 2. The van der Waals surface area contributed by atoms with Crippen LogP contribution in [0.15, 0.2) is 18.2 Å². The third-order valence-corrected chi connectivity index (χ3v) is 3.81. The number of nitro groups is 1. The molecule has 2 aliphatic heterocycles. The number of nitro benzene ring substituents is 1. The van der Waals surface area contributed by atoms with Crippen LogP contribution in [0.2, 0.25) is 0 Å². The third kappa shape index (κ3) is 2.20. The Kier molecular flexibility index (Phi) is 3.06. The number of carbonyl (C=O) groups is 1. The molecule has 7 nitrogen and oxygen atoms in total. The Balaban J connectivity index is 1.99. The van der Waals surface area contributed by atoms with Crippen molar-refractivity contribution >= 4 is 17.3 Å². The van der Waals surface area contributed by atoms with Gasteiger partial charge in [-0.1, -0.05) is 0 Å². The molecule has 7 heteroatoms. The number of rotatable bonds is 3. The van der Waals surface area contributed by atoms with Crippen LogP contribution in [0, 0.1) is 10.1 Å². The minimum absolute atomic E-state index is 0.0923. The SMILES string of the molecule is O=C(O)c1ccc([N+](=O)[O-])cc1N1CC2CCC(C1)O2. The molecule has 2 heterocycles. The van der Waals surface area contributed by atoms with Gasteiger partial charge in [-0.3, -0.25) is 10.1 Å². The summed E-state index contributed by atoms with van der Waals surface area (Å²) < 4.78 is 5.70. The lowest BCUT2D eigenvalue weighted by Crippen LogP contribution is -2.43. The van der Waals surface area contributed by atoms with Gasteiger partial charge in [0, 0.05) is 25.2 Å². The van der Waals surface area contributed by atoms with Crippen LogP contribution in [-0.2, 0) is 4.74 Å². The summed E-state index contributed by atoms with van der Waals surface area (Å²) in [5.41, 5.74) is 0.410. The zero-order valence-corrected chi connectivity index (χ0v) is 10.7. The first-order valence-electron chi connectivity index (χ1n) is 6.46. The van der Waals surface area contributed by atoms with Crippen LogP contribution < -0.4 is 4.90 Å². The Morgan fingerprint density at radius 1 is 1.35 bits per heavy atom. The molecule has 0 radical (unpaired) electrons. The fourth-order valence-corrected chi connectivity index (χ4v) is 2.89. The molecule has 2 bridgehead atoms. The van der Waals surface area contributed by atoms with Crippen molar-refractivity contribution in [2.75, 3.05) is 18.0 Å². The van der Waals surface area contributed by atoms with Crippen molar-refractivity contribution in [2.24, 2.45) is 0 Å². The maximum Gasteiger partial charge on any atom is 0.337 e. The van der Waals surface area contributed by atoms with Crippen LogP contribution in [0.4, 0.5) is 11.4 Å². The molecule has 1 N–H and O–H groups in total. The van der Waals surface area contributed by atoms with Crippen molar-refractivity contribution in [2.45, 2.75) is 25.0 Å². The van der Waals surface area contributed by atoms with E-state index in [1.807, 2.05) is 4.90 Å². The van der Waals surface area contributed by atoms with E-state index in [-0.39, 0.29) is 23.5 Å². The molecule has 2 atom stereocenters. The van der Waals surface area contributed by atoms with Crippen LogP contribution in [0.1, 0.15) is 23.2 Å². The molecule has 0 aromatic heterocycles. The van der Waals surface area contributed by atoms with Crippen LogP contribution in [0.5, 0.6) is 0 Å². The van der Waals surface area contributed by atoms with Gasteiger partial charge in [0.15, 0.2) is 0 Å². The highest BCUT2D eigenvalue weighted by molar-refractivity contribution is 5.95. The Bertz CT molecular complexity index is 562. The monoisotopic (exact) mass is 278 g/mol. The highest BCUT2D eigenvalue weighted by Gasteiger charge is 2.35. The van der Waals surface area contributed by atoms with E-state index in [0.29, 0.717) is 18.8 Å². The van der Waals surface area contributed by atoms with Gasteiger partial charge in [0.2, 0.25) is 0 Å². The normalized spacial score (nSPS) is 24.7. The first kappa shape index (κ1) is 12.9. The number of anilines is 1. The zero-order chi connectivity index (χ0) is 14.3. The van der Waals surface area contributed by atoms with Gasteiger partial charge in [0.05, 0.1) is 28.4 Å². The molecule has 3 rings (SSSR count). The Morgan fingerprint density at radius 3 is 2.55 bits per heavy atom. The van der Waals surface area contributed by atoms with Gasteiger partial charge in [0.25, 0.3) is 5.69 Å². The molecule has 106 valence electrons. The first-order chi connectivity index (χ1) is 9.54. The van der Waals surface area contributed by atoms with Crippen molar-refractivity contribution in [1.82, 2.24) is 0 Å². The van der Waals surface area contributed by atoms with E-state index >= 15 is 0 Å². The maximum atomic E-state index is 11.3. The van der Waals surface area contributed by atoms with E-state index in [1.54, 1.807) is 0 Å². The number of benzene rings is 1. The van der Waals surface area contributed by atoms with Crippen molar-refractivity contribution in [1.29, 1.82) is 0 Å². The van der Waals surface area contributed by atoms with Gasteiger partial charge in [-0.15, -0.1) is 0 Å². The van der Waals surface area contributed by atoms with Gasteiger partial charge < -0.3 is 14.7 Å². The Hall–Kier alpha value is -2.15. The topological polar surface area (TPSA) is 92.9 Å². The van der Waals surface area contributed by atoms with E-state index in [4.69, 9.17) is 4.74 Å². The fourth-order valence-electron chi connectivity index (χ4n) is 2.89. The number of fused-ring (bicyclic) bond motifs is 2. The maximum absolute atomic E-state index is 11.3. The smallest absolute Gasteiger partial charge is 0.337 e. The van der Waals surface area contributed by atoms with E-state index in [2.05, 4.69) is 0 Å². The largest absolute Gasteiger partial charge is 0.478 e. The molecular formula is C13H14N2O5. The molecule has 0 aliphatic carbocycles. The van der Waals surface area contributed by atoms with Gasteiger partial charge in [0.1, 0.15) is 0 Å². The average Bonchev–Trinajstić information content (AvgIpc) is 2.76. The van der Waals surface area contributed by atoms with E-state index in [0.717, 1.165) is 12.8 Å². The molecule has 2 fully saturated rings. The number of carboxylic acid groups (broad SMARTS) is 1. The molecule has 0 amide bonds. The molecule has 2 saturated heterocycles. The zero-order valence-electron chi connectivity index (χ0n) is 10.7. The molecule has 0 spiro atoms. The molecule has 1 aromatic carbocycles. The Morgan fingerprint density at radius 2 is 2.00 bits per heavy atom. The molecule has 2 aliphatic rings. The summed E-state index contributed by atoms with van der Waals surface area (Å²) in [6.45, 7) is 1.16. The van der Waals surface area contributed by atoms with Crippen molar-refractivity contribution in [3.63, 3.8) is 0 Å². The van der Waals surface area contributed by atoms with Crippen LogP contribution in [0.3, 0.4) is 0 Å². The van der Waals surface area contributed by atoms with Crippen LogP contribution in [0.25, 0.3) is 0 Å². The van der Waals surface area contributed by atoms with E-state index in [9.17, 15) is 20.0 Å². The highest BCUT2D eigenvalue weighted by atomic mass is 16.6. The summed E-state index contributed by atoms with van der Waals surface area (Å²) in [5, 5.41) is 20.1. The molecule has 2 unspecified atom stereocenters. The number of non-ortho nitro benzene ring substituents is 1. The van der Waals surface area contributed by atoms with Crippen molar-refractivity contribution in [3.05, 3.63) is 33.9 Å². The summed E-state index contributed by atoms with van der Waals surface area (Å²) in [4.78, 5) is 23.6. The predicted octanol–water partition coefficient (Wildman–Crippen LogP) is 1.66. The second-order valence-electron chi connectivity index (χ2n) is 5.13. The Labute approximate surface area is 114 Å². The lowest BCUT2D eigenvalue weighted by molar-refractivity contribution is -0.384. The van der Waals surface area contributed by atoms with Crippen molar-refractivity contribution in [3.8, 4) is 0 Å². The number of carboxylic acids is 1. The van der Waals surface area contributed by atoms with Gasteiger partial charge in [-0.2, -0.15) is 0 Å². The highest BCUT2D eigenvalue weighted by Crippen LogP contribution is 2.33. The molecular weight excluding hydrogens is 264 g/mol. The average molecular weight is 278 g/mol. The van der Waals surface area contributed by atoms with Crippen molar-refractivity contribution < 1.29 is 19.6 Å². The fraction of sp³-hybridized carbons (Fsp3) is 0.462. The summed E-state index contributed by atoms with van der Waals surface area (Å²) in [6.07, 6.45) is 2.10. The number of aromatic carboxylic acids is 1. The summed E-state index contributed by atoms with van der Waals surface area (Å²) in [7, 11) is 0. The number of hydrogen-bond donors (Lipinski definition) is 1. The van der Waals surface area contributed by atoms with Gasteiger partial charge >= 0.3 is 5.97 Å². The molecule has 20 heavy (non-hydrogen) atoms. The van der Waals surface area contributed by atoms with Crippen LogP contribution >= 0.6 is 0 Å². The quantitative estimate of drug-likeness (QED) is 0.667. The molecule has 0 saturated carbocycles. The number of hydrogen-bond acceptors (Lipinski definition) is 5. The summed E-state index contributed by atoms with van der Waals surface area (Å²) >= 11 is 0. The standard InChI is InChI=1S/C13H14N2O5/c16-13(17)11-4-1-8(15(18)19)5-12(11)14-6-9-2-3-10(7-14)20-9/h1,4-5,9-10H,2-3,6-7H2,(H,16,17). The minimum Gasteiger partial charge on any atom is -0.478 e. The predicted molar refractivity (Wildman–Crippen MR) is 70.2 cm³/mol. The minimum atomic E-state index is -1.08. The third-order valence-electron chi connectivity index (χ3n) is 3.81. The summed E-state index contributed by atoms with van der Waals surface area (Å²) in [6, 6.07) is 3.86. The number of morpholine rings is 1. The summed E-state index contributed by atoms with van der Waals surface area (Å²) in [5.74, 6) is -1.08. The second kappa shape index (κ2) is 4.75. The number of ether oxygens (including phenoxy) is 1. The second-order valence-corrected chi connectivity index (χ2v) is 5.13. The lowest BCUT2D eigenvalue weighted by Gasteiger charge is -2.34. The van der Waals surface area contributed by atoms with Gasteiger partial charge in [-0.05, 0) is 18.9 Å². The van der Waals surface area contributed by atoms with Crippen LogP contribution in [-0.4, -0.2) is 41.3 Å².